The Morgan fingerprint density at radius 2 is 1.94 bits per heavy atom. The molecule has 17 heavy (non-hydrogen) atoms. The molecule has 0 bridgehead atoms. The molecule has 2 atom stereocenters. The van der Waals surface area contributed by atoms with Crippen LogP contribution < -0.4 is 11.1 Å². The summed E-state index contributed by atoms with van der Waals surface area (Å²) in [6, 6.07) is 1.09. The maximum absolute atomic E-state index is 11.6. The number of urea groups is 1. The third-order valence-corrected chi connectivity index (χ3v) is 3.59. The van der Waals surface area contributed by atoms with Crippen molar-refractivity contribution in [1.29, 1.82) is 5.26 Å². The van der Waals surface area contributed by atoms with E-state index in [0.29, 0.717) is 5.92 Å². The largest absolute Gasteiger partial charge is 0.351 e. The summed E-state index contributed by atoms with van der Waals surface area (Å²) in [7, 11) is 0. The molecule has 0 aromatic carbocycles. The lowest BCUT2D eigenvalue weighted by Gasteiger charge is -2.29. The minimum Gasteiger partial charge on any atom is -0.351 e. The maximum atomic E-state index is 11.6. The van der Waals surface area contributed by atoms with Gasteiger partial charge in [-0.15, -0.1) is 0 Å². The Morgan fingerprint density at radius 1 is 1.35 bits per heavy atom. The van der Waals surface area contributed by atoms with Crippen LogP contribution in [0, 0.1) is 29.1 Å². The standard InChI is InChI=1S/C12H19N3O2/c1-8(9-5-3-2-4-6-9)10(7-13)11(16)15-12(14)17/h8-10H,2-6H2,1H3,(H3,14,15,16,17)/t8-,10-/m0/s1. The number of nitriles is 1. The minimum atomic E-state index is -0.897. The summed E-state index contributed by atoms with van der Waals surface area (Å²) in [5.41, 5.74) is 4.88. The molecular weight excluding hydrogens is 218 g/mol. The predicted molar refractivity (Wildman–Crippen MR) is 62.6 cm³/mol. The van der Waals surface area contributed by atoms with Gasteiger partial charge in [-0.1, -0.05) is 39.0 Å². The number of carbonyl (C=O) groups excluding carboxylic acids is 2. The fraction of sp³-hybridized carbons (Fsp3) is 0.750. The first-order valence-electron chi connectivity index (χ1n) is 6.06. The molecule has 5 nitrogen and oxygen atoms in total. The van der Waals surface area contributed by atoms with Crippen molar-refractivity contribution in [3.8, 4) is 6.07 Å². The van der Waals surface area contributed by atoms with Crippen molar-refractivity contribution >= 4 is 11.9 Å². The van der Waals surface area contributed by atoms with E-state index in [1.165, 1.54) is 6.42 Å². The first kappa shape index (κ1) is 13.5. The van der Waals surface area contributed by atoms with Crippen LogP contribution in [0.2, 0.25) is 0 Å². The zero-order valence-electron chi connectivity index (χ0n) is 10.1. The van der Waals surface area contributed by atoms with E-state index in [1.54, 1.807) is 0 Å². The van der Waals surface area contributed by atoms with E-state index >= 15 is 0 Å². The van der Waals surface area contributed by atoms with E-state index in [1.807, 2.05) is 18.3 Å². The third-order valence-electron chi connectivity index (χ3n) is 3.59. The van der Waals surface area contributed by atoms with Gasteiger partial charge in [-0.3, -0.25) is 10.1 Å². The number of primary amides is 1. The van der Waals surface area contributed by atoms with Crippen LogP contribution in [0.4, 0.5) is 4.79 Å². The van der Waals surface area contributed by atoms with E-state index in [4.69, 9.17) is 11.0 Å². The van der Waals surface area contributed by atoms with E-state index in [9.17, 15) is 9.59 Å². The highest BCUT2D eigenvalue weighted by molar-refractivity contribution is 5.95. The Labute approximate surface area is 101 Å². The van der Waals surface area contributed by atoms with Gasteiger partial charge in [0.05, 0.1) is 6.07 Å². The Kier molecular flexibility index (Phi) is 4.95. The molecule has 1 fully saturated rings. The molecule has 0 aromatic heterocycles. The number of nitrogens with two attached hydrogens (primary N) is 1. The average Bonchev–Trinajstić information content (AvgIpc) is 2.30. The third kappa shape index (κ3) is 3.74. The summed E-state index contributed by atoms with van der Waals surface area (Å²) < 4.78 is 0. The van der Waals surface area contributed by atoms with Crippen molar-refractivity contribution in [2.45, 2.75) is 39.0 Å². The van der Waals surface area contributed by atoms with E-state index in [-0.39, 0.29) is 5.92 Å². The van der Waals surface area contributed by atoms with Crippen LogP contribution in [-0.2, 0) is 4.79 Å². The highest BCUT2D eigenvalue weighted by atomic mass is 16.2. The predicted octanol–water partition coefficient (Wildman–Crippen LogP) is 1.54. The van der Waals surface area contributed by atoms with Gasteiger partial charge in [0.1, 0.15) is 5.92 Å². The van der Waals surface area contributed by atoms with Gasteiger partial charge in [-0.05, 0) is 11.8 Å². The Bertz CT molecular complexity index is 329. The van der Waals surface area contributed by atoms with Crippen LogP contribution in [-0.4, -0.2) is 11.9 Å². The molecule has 1 rings (SSSR count). The number of amides is 3. The van der Waals surface area contributed by atoms with Crippen molar-refractivity contribution in [3.05, 3.63) is 0 Å². The normalized spacial score (nSPS) is 20.0. The van der Waals surface area contributed by atoms with Gasteiger partial charge in [0.15, 0.2) is 0 Å². The number of rotatable bonds is 3. The Morgan fingerprint density at radius 3 is 2.41 bits per heavy atom. The van der Waals surface area contributed by atoms with E-state index in [0.717, 1.165) is 25.7 Å². The zero-order chi connectivity index (χ0) is 12.8. The Hall–Kier alpha value is -1.57. The molecule has 0 aromatic rings. The van der Waals surface area contributed by atoms with Gasteiger partial charge >= 0.3 is 6.03 Å². The van der Waals surface area contributed by atoms with Crippen molar-refractivity contribution < 1.29 is 9.59 Å². The number of nitrogens with one attached hydrogen (secondary N) is 1. The first-order chi connectivity index (χ1) is 8.06. The molecule has 1 aliphatic rings. The summed E-state index contributed by atoms with van der Waals surface area (Å²) in [4.78, 5) is 22.2. The minimum absolute atomic E-state index is 0.0281. The molecule has 3 N–H and O–H groups in total. The van der Waals surface area contributed by atoms with Crippen molar-refractivity contribution in [1.82, 2.24) is 5.32 Å². The number of carbonyl (C=O) groups is 2. The van der Waals surface area contributed by atoms with E-state index in [2.05, 4.69) is 0 Å². The molecule has 0 spiro atoms. The van der Waals surface area contributed by atoms with Gasteiger partial charge in [0, 0.05) is 0 Å². The average molecular weight is 237 g/mol. The van der Waals surface area contributed by atoms with E-state index < -0.39 is 17.9 Å². The lowest BCUT2D eigenvalue weighted by molar-refractivity contribution is -0.124. The van der Waals surface area contributed by atoms with Crippen molar-refractivity contribution in [2.24, 2.45) is 23.5 Å². The lowest BCUT2D eigenvalue weighted by Crippen LogP contribution is -2.42. The summed E-state index contributed by atoms with van der Waals surface area (Å²) in [6.07, 6.45) is 5.66. The molecule has 1 saturated carbocycles. The van der Waals surface area contributed by atoms with Gasteiger partial charge in [0.25, 0.3) is 0 Å². The number of nitrogens with zero attached hydrogens (tertiary/aromatic N) is 1. The number of hydrogen-bond donors (Lipinski definition) is 2. The Balaban J connectivity index is 2.62. The highest BCUT2D eigenvalue weighted by Gasteiger charge is 2.32. The van der Waals surface area contributed by atoms with Crippen molar-refractivity contribution in [2.75, 3.05) is 0 Å². The smallest absolute Gasteiger partial charge is 0.318 e. The van der Waals surface area contributed by atoms with Gasteiger partial charge in [0.2, 0.25) is 5.91 Å². The topological polar surface area (TPSA) is 96.0 Å². The monoisotopic (exact) mass is 237 g/mol. The first-order valence-corrected chi connectivity index (χ1v) is 6.06. The second-order valence-electron chi connectivity index (χ2n) is 4.72. The van der Waals surface area contributed by atoms with Gasteiger partial charge < -0.3 is 5.73 Å². The fourth-order valence-corrected chi connectivity index (χ4v) is 2.55. The highest BCUT2D eigenvalue weighted by Crippen LogP contribution is 2.33. The number of imide groups is 1. The molecular formula is C12H19N3O2. The molecule has 0 radical (unpaired) electrons. The fourth-order valence-electron chi connectivity index (χ4n) is 2.55. The van der Waals surface area contributed by atoms with Crippen LogP contribution >= 0.6 is 0 Å². The molecule has 3 amide bonds. The van der Waals surface area contributed by atoms with Gasteiger partial charge in [-0.25, -0.2) is 4.79 Å². The second-order valence-corrected chi connectivity index (χ2v) is 4.72. The van der Waals surface area contributed by atoms with Crippen LogP contribution in [0.15, 0.2) is 0 Å². The molecule has 5 heteroatoms. The SMILES string of the molecule is C[C@@H](C1CCCCC1)[C@H](C#N)C(=O)NC(N)=O. The molecule has 94 valence electrons. The molecule has 0 unspecified atom stereocenters. The summed E-state index contributed by atoms with van der Waals surface area (Å²) >= 11 is 0. The molecule has 0 heterocycles. The molecule has 1 aliphatic carbocycles. The second kappa shape index (κ2) is 6.24. The molecule has 0 saturated heterocycles. The van der Waals surface area contributed by atoms with Crippen LogP contribution in [0.1, 0.15) is 39.0 Å². The van der Waals surface area contributed by atoms with Crippen LogP contribution in [0.25, 0.3) is 0 Å². The maximum Gasteiger partial charge on any atom is 0.318 e. The lowest BCUT2D eigenvalue weighted by atomic mass is 9.75. The zero-order valence-corrected chi connectivity index (χ0v) is 10.1. The summed E-state index contributed by atoms with van der Waals surface area (Å²) in [5, 5.41) is 11.0. The van der Waals surface area contributed by atoms with Gasteiger partial charge in [-0.2, -0.15) is 5.26 Å². The van der Waals surface area contributed by atoms with Crippen LogP contribution in [0.3, 0.4) is 0 Å². The van der Waals surface area contributed by atoms with Crippen molar-refractivity contribution in [3.63, 3.8) is 0 Å². The summed E-state index contributed by atoms with van der Waals surface area (Å²) in [6.45, 7) is 1.91. The quantitative estimate of drug-likeness (QED) is 0.779. The summed E-state index contributed by atoms with van der Waals surface area (Å²) in [5.74, 6) is -0.990. The molecule has 0 aliphatic heterocycles. The van der Waals surface area contributed by atoms with Crippen LogP contribution in [0.5, 0.6) is 0 Å². The number of hydrogen-bond acceptors (Lipinski definition) is 3.